The topological polar surface area (TPSA) is 56.0 Å². The zero-order valence-corrected chi connectivity index (χ0v) is 18.3. The predicted molar refractivity (Wildman–Crippen MR) is 126 cm³/mol. The van der Waals surface area contributed by atoms with Crippen LogP contribution in [0.25, 0.3) is 33.5 Å². The third-order valence-corrected chi connectivity index (χ3v) is 5.81. The molecule has 4 nitrogen and oxygen atoms in total. The Kier molecular flexibility index (Phi) is 5.37. The summed E-state index contributed by atoms with van der Waals surface area (Å²) >= 11 is 3.58. The van der Waals surface area contributed by atoms with Gasteiger partial charge in [0.2, 0.25) is 0 Å². The minimum Gasteiger partial charge on any atom is -0.422 e. The van der Waals surface area contributed by atoms with Gasteiger partial charge in [0.05, 0.1) is 17.0 Å². The van der Waals surface area contributed by atoms with E-state index in [1.807, 2.05) is 42.5 Å². The summed E-state index contributed by atoms with van der Waals surface area (Å²) in [7, 11) is 0. The Morgan fingerprint density at radius 1 is 0.812 bits per heavy atom. The van der Waals surface area contributed by atoms with Crippen LogP contribution in [0.3, 0.4) is 0 Å². The van der Waals surface area contributed by atoms with Gasteiger partial charge >= 0.3 is 5.63 Å². The van der Waals surface area contributed by atoms with Gasteiger partial charge in [0.25, 0.3) is 0 Å². The molecular weight excluding hydrogens is 471 g/mol. The Hall–Kier alpha value is -3.64. The van der Waals surface area contributed by atoms with E-state index in [1.54, 1.807) is 30.3 Å². The first-order chi connectivity index (χ1) is 15.6. The fourth-order valence-electron chi connectivity index (χ4n) is 3.55. The van der Waals surface area contributed by atoms with E-state index >= 15 is 0 Å². The van der Waals surface area contributed by atoms with Crippen molar-refractivity contribution < 1.29 is 8.81 Å². The number of halogens is 2. The van der Waals surface area contributed by atoms with Crippen molar-refractivity contribution in [2.24, 2.45) is 0 Å². The van der Waals surface area contributed by atoms with E-state index in [0.717, 1.165) is 21.0 Å². The van der Waals surface area contributed by atoms with Crippen molar-refractivity contribution in [2.75, 3.05) is 0 Å². The van der Waals surface area contributed by atoms with Gasteiger partial charge in [-0.3, -0.25) is 0 Å². The van der Waals surface area contributed by atoms with Crippen molar-refractivity contribution in [1.82, 2.24) is 9.97 Å². The lowest BCUT2D eigenvalue weighted by atomic mass is 10.1. The average Bonchev–Trinajstić information content (AvgIpc) is 2.80. The average molecular weight is 487 g/mol. The fraction of sp³-hybridized carbons (Fsp3) is 0.0385. The van der Waals surface area contributed by atoms with Crippen LogP contribution < -0.4 is 5.63 Å². The molecule has 0 spiro atoms. The van der Waals surface area contributed by atoms with Crippen LogP contribution in [-0.4, -0.2) is 9.97 Å². The zero-order chi connectivity index (χ0) is 22.1. The summed E-state index contributed by atoms with van der Waals surface area (Å²) in [6.45, 7) is 0. The molecule has 0 N–H and O–H groups in total. The van der Waals surface area contributed by atoms with Gasteiger partial charge in [0.15, 0.2) is 0 Å². The third kappa shape index (κ3) is 4.09. The maximum Gasteiger partial charge on any atom is 0.345 e. The number of para-hydroxylation sites is 1. The van der Waals surface area contributed by atoms with Crippen LogP contribution in [0.15, 0.2) is 98.6 Å². The van der Waals surface area contributed by atoms with E-state index < -0.39 is 5.63 Å². The first kappa shape index (κ1) is 20.3. The lowest BCUT2D eigenvalue weighted by Gasteiger charge is -2.10. The number of aromatic nitrogens is 2. The molecule has 0 radical (unpaired) electrons. The van der Waals surface area contributed by atoms with Gasteiger partial charge in [-0.1, -0.05) is 64.5 Å². The second kappa shape index (κ2) is 8.48. The number of fused-ring (bicyclic) bond motifs is 1. The highest BCUT2D eigenvalue weighted by Gasteiger charge is 2.15. The number of hydrogen-bond acceptors (Lipinski definition) is 4. The van der Waals surface area contributed by atoms with E-state index in [-0.39, 0.29) is 5.82 Å². The zero-order valence-electron chi connectivity index (χ0n) is 16.8. The minimum absolute atomic E-state index is 0.300. The molecule has 5 aromatic rings. The van der Waals surface area contributed by atoms with E-state index in [1.165, 1.54) is 12.1 Å². The molecule has 6 heteroatoms. The number of rotatable bonds is 4. The van der Waals surface area contributed by atoms with Gasteiger partial charge in [0, 0.05) is 21.8 Å². The molecule has 0 saturated carbocycles. The molecule has 156 valence electrons. The molecule has 0 unspecified atom stereocenters. The highest BCUT2D eigenvalue weighted by molar-refractivity contribution is 9.10. The molecule has 0 bridgehead atoms. The number of nitrogens with zero attached hydrogens (tertiary/aromatic N) is 2. The maximum absolute atomic E-state index is 13.3. The van der Waals surface area contributed by atoms with Gasteiger partial charge in [-0.15, -0.1) is 0 Å². The van der Waals surface area contributed by atoms with E-state index in [9.17, 15) is 9.18 Å². The molecule has 2 aromatic heterocycles. The minimum atomic E-state index is -0.465. The van der Waals surface area contributed by atoms with Crippen molar-refractivity contribution >= 4 is 26.9 Å². The lowest BCUT2D eigenvalue weighted by Crippen LogP contribution is -2.07. The summed E-state index contributed by atoms with van der Waals surface area (Å²) in [5, 5.41) is 0.809. The largest absolute Gasteiger partial charge is 0.422 e. The molecule has 0 aliphatic heterocycles. The lowest BCUT2D eigenvalue weighted by molar-refractivity contribution is 0.563. The summed E-state index contributed by atoms with van der Waals surface area (Å²) in [5.74, 6) is 0.221. The van der Waals surface area contributed by atoms with Crippen LogP contribution in [0.5, 0.6) is 0 Å². The van der Waals surface area contributed by atoms with E-state index in [2.05, 4.69) is 20.9 Å². The van der Waals surface area contributed by atoms with Crippen molar-refractivity contribution in [1.29, 1.82) is 0 Å². The molecule has 0 aliphatic rings. The standard InChI is InChI=1S/C26H16BrFN2O2/c27-21-7-3-2-6-19(21)22-15-23(20-14-17-5-1-4-8-24(17)32-26(20)31)30-25(29-22)13-16-9-11-18(28)12-10-16/h1-12,14-15H,13H2. The van der Waals surface area contributed by atoms with Crippen molar-refractivity contribution in [3.05, 3.63) is 117 Å². The quantitative estimate of drug-likeness (QED) is 0.275. The third-order valence-electron chi connectivity index (χ3n) is 5.12. The van der Waals surface area contributed by atoms with Crippen LogP contribution in [-0.2, 0) is 6.42 Å². The highest BCUT2D eigenvalue weighted by Crippen LogP contribution is 2.30. The molecule has 3 aromatic carbocycles. The molecule has 32 heavy (non-hydrogen) atoms. The van der Waals surface area contributed by atoms with Gasteiger partial charge < -0.3 is 4.42 Å². The molecule has 5 rings (SSSR count). The Morgan fingerprint density at radius 3 is 2.28 bits per heavy atom. The van der Waals surface area contributed by atoms with Gasteiger partial charge in [-0.05, 0) is 42.0 Å². The van der Waals surface area contributed by atoms with E-state index in [4.69, 9.17) is 9.40 Å². The van der Waals surface area contributed by atoms with Crippen LogP contribution in [0, 0.1) is 5.82 Å². The first-order valence-corrected chi connectivity index (χ1v) is 10.8. The summed E-state index contributed by atoms with van der Waals surface area (Å²) in [6.07, 6.45) is 0.393. The van der Waals surface area contributed by atoms with Crippen molar-refractivity contribution in [3.63, 3.8) is 0 Å². The number of hydrogen-bond donors (Lipinski definition) is 0. The van der Waals surface area contributed by atoms with Gasteiger partial charge in [0.1, 0.15) is 17.2 Å². The first-order valence-electron chi connectivity index (χ1n) is 9.97. The number of benzene rings is 3. The second-order valence-corrected chi connectivity index (χ2v) is 8.18. The van der Waals surface area contributed by atoms with Crippen molar-refractivity contribution in [2.45, 2.75) is 6.42 Å². The van der Waals surface area contributed by atoms with Crippen LogP contribution in [0.4, 0.5) is 4.39 Å². The summed E-state index contributed by atoms with van der Waals surface area (Å²) in [4.78, 5) is 22.2. The maximum atomic E-state index is 13.3. The Labute approximate surface area is 191 Å². The molecule has 0 saturated heterocycles. The van der Waals surface area contributed by atoms with Crippen LogP contribution in [0.1, 0.15) is 11.4 Å². The van der Waals surface area contributed by atoms with Crippen LogP contribution in [0.2, 0.25) is 0 Å². The van der Waals surface area contributed by atoms with Crippen LogP contribution >= 0.6 is 15.9 Å². The smallest absolute Gasteiger partial charge is 0.345 e. The Morgan fingerprint density at radius 2 is 1.50 bits per heavy atom. The summed E-state index contributed by atoms with van der Waals surface area (Å²) < 4.78 is 19.7. The molecular formula is C26H16BrFN2O2. The molecule has 2 heterocycles. The normalized spacial score (nSPS) is 11.1. The Balaban J connectivity index is 1.69. The SMILES string of the molecule is O=c1oc2ccccc2cc1-c1cc(-c2ccccc2Br)nc(Cc2ccc(F)cc2)n1. The molecule has 0 amide bonds. The fourth-order valence-corrected chi connectivity index (χ4v) is 4.03. The van der Waals surface area contributed by atoms with Crippen molar-refractivity contribution in [3.8, 4) is 22.5 Å². The highest BCUT2D eigenvalue weighted by atomic mass is 79.9. The molecule has 0 aliphatic carbocycles. The summed E-state index contributed by atoms with van der Waals surface area (Å²) in [6, 6.07) is 24.9. The monoisotopic (exact) mass is 486 g/mol. The Bertz CT molecular complexity index is 1500. The summed E-state index contributed by atoms with van der Waals surface area (Å²) in [5.41, 5.74) is 3.31. The molecule has 0 fully saturated rings. The van der Waals surface area contributed by atoms with Gasteiger partial charge in [-0.2, -0.15) is 0 Å². The molecule has 0 atom stereocenters. The second-order valence-electron chi connectivity index (χ2n) is 7.32. The predicted octanol–water partition coefficient (Wildman–Crippen LogP) is 6.41. The van der Waals surface area contributed by atoms with Gasteiger partial charge in [-0.25, -0.2) is 19.2 Å². The van der Waals surface area contributed by atoms with E-state index in [0.29, 0.717) is 34.8 Å².